The molecule has 166 valence electrons. The molecule has 0 unspecified atom stereocenters. The molecule has 2 N–H and O–H groups in total. The number of carbonyl (C=O) groups is 1. The summed E-state index contributed by atoms with van der Waals surface area (Å²) in [5.74, 6) is -0.172. The molecule has 5 nitrogen and oxygen atoms in total. The van der Waals surface area contributed by atoms with Crippen LogP contribution in [0.25, 0.3) is 0 Å². The van der Waals surface area contributed by atoms with Gasteiger partial charge >= 0.3 is 0 Å². The van der Waals surface area contributed by atoms with E-state index in [1.807, 2.05) is 13.8 Å². The molecule has 0 radical (unpaired) electrons. The number of nitrogens with one attached hydrogen (secondary N) is 1. The monoisotopic (exact) mass is 405 g/mol. The van der Waals surface area contributed by atoms with Gasteiger partial charge < -0.3 is 15.3 Å². The number of aliphatic hydroxyl groups excluding tert-OH is 1. The van der Waals surface area contributed by atoms with Gasteiger partial charge in [-0.25, -0.2) is 0 Å². The molecule has 29 heavy (non-hydrogen) atoms. The molecule has 0 saturated carbocycles. The van der Waals surface area contributed by atoms with Crippen LogP contribution in [-0.4, -0.2) is 55.5 Å². The summed E-state index contributed by atoms with van der Waals surface area (Å²) in [5.41, 5.74) is 3.09. The summed E-state index contributed by atoms with van der Waals surface area (Å²) in [6, 6.07) is 0. The van der Waals surface area contributed by atoms with E-state index in [0.717, 1.165) is 32.4 Å². The van der Waals surface area contributed by atoms with Gasteiger partial charge in [0, 0.05) is 25.8 Å². The van der Waals surface area contributed by atoms with Crippen LogP contribution >= 0.6 is 0 Å². The summed E-state index contributed by atoms with van der Waals surface area (Å²) in [6.45, 7) is 14.1. The van der Waals surface area contributed by atoms with Gasteiger partial charge in [0.25, 0.3) is 5.91 Å². The first-order chi connectivity index (χ1) is 14.0. The molecule has 0 atom stereocenters. The van der Waals surface area contributed by atoms with Crippen LogP contribution in [0.15, 0.2) is 52.1 Å². The molecule has 0 aliphatic rings. The minimum atomic E-state index is -0.317. The van der Waals surface area contributed by atoms with E-state index in [0.29, 0.717) is 12.1 Å². The number of nitrogens with zero attached hydrogens (tertiary/aromatic N) is 2. The molecule has 0 heterocycles. The van der Waals surface area contributed by atoms with Crippen LogP contribution in [0.5, 0.6) is 0 Å². The molecule has 5 heteroatoms. The van der Waals surface area contributed by atoms with Crippen molar-refractivity contribution in [3.05, 3.63) is 47.1 Å². The zero-order valence-electron chi connectivity index (χ0n) is 19.7. The van der Waals surface area contributed by atoms with E-state index in [-0.39, 0.29) is 12.6 Å². The van der Waals surface area contributed by atoms with E-state index in [9.17, 15) is 4.79 Å². The molecule has 1 amide bonds. The van der Waals surface area contributed by atoms with E-state index >= 15 is 0 Å². The third-order valence-electron chi connectivity index (χ3n) is 4.21. The fourth-order valence-electron chi connectivity index (χ4n) is 2.51. The van der Waals surface area contributed by atoms with Gasteiger partial charge in [-0.1, -0.05) is 57.6 Å². The molecule has 0 aliphatic heterocycles. The van der Waals surface area contributed by atoms with E-state index in [2.05, 4.69) is 67.3 Å². The van der Waals surface area contributed by atoms with Crippen LogP contribution in [0.2, 0.25) is 0 Å². The van der Waals surface area contributed by atoms with Crippen LogP contribution in [0.1, 0.15) is 60.8 Å². The molecule has 0 fully saturated rings. The zero-order chi connectivity index (χ0) is 22.5. The third kappa shape index (κ3) is 14.6. The van der Waals surface area contributed by atoms with Crippen LogP contribution < -0.4 is 5.32 Å². The summed E-state index contributed by atoms with van der Waals surface area (Å²) in [5, 5.41) is 11.6. The summed E-state index contributed by atoms with van der Waals surface area (Å²) >= 11 is 0. The van der Waals surface area contributed by atoms with Gasteiger partial charge in [0.05, 0.1) is 5.57 Å². The fourth-order valence-corrected chi connectivity index (χ4v) is 2.51. The topological polar surface area (TPSA) is 64.9 Å². The second-order valence-corrected chi connectivity index (χ2v) is 6.26. The Balaban J connectivity index is 0. The average Bonchev–Trinajstić information content (AvgIpc) is 2.74. The van der Waals surface area contributed by atoms with Gasteiger partial charge in [0.1, 0.15) is 6.73 Å². The van der Waals surface area contributed by atoms with E-state index < -0.39 is 0 Å². The second kappa shape index (κ2) is 20.7. The van der Waals surface area contributed by atoms with Crippen molar-refractivity contribution in [1.29, 1.82) is 0 Å². The molecule has 0 aliphatic carbocycles. The predicted octanol–water partition coefficient (Wildman–Crippen LogP) is 4.67. The Morgan fingerprint density at radius 2 is 1.72 bits per heavy atom. The first kappa shape index (κ1) is 29.2. The maximum atomic E-state index is 12.0. The number of unbranched alkanes of at least 4 members (excludes halogenated alkanes) is 1. The molecule has 0 aromatic rings. The van der Waals surface area contributed by atoms with Crippen LogP contribution in [0.3, 0.4) is 0 Å². The Hall–Kier alpha value is -1.98. The molecule has 0 rings (SSSR count). The Morgan fingerprint density at radius 3 is 2.24 bits per heavy atom. The highest BCUT2D eigenvalue weighted by Gasteiger charge is 2.07. The first-order valence-electron chi connectivity index (χ1n) is 10.8. The summed E-state index contributed by atoms with van der Waals surface area (Å²) < 4.78 is 0. The third-order valence-corrected chi connectivity index (χ3v) is 4.21. The van der Waals surface area contributed by atoms with Gasteiger partial charge in [-0.3, -0.25) is 9.79 Å². The Morgan fingerprint density at radius 1 is 1.07 bits per heavy atom. The average molecular weight is 406 g/mol. The van der Waals surface area contributed by atoms with Crippen LogP contribution in [-0.2, 0) is 4.79 Å². The van der Waals surface area contributed by atoms with Crippen molar-refractivity contribution in [2.24, 2.45) is 4.99 Å². The smallest absolute Gasteiger partial charge is 0.252 e. The maximum Gasteiger partial charge on any atom is 0.252 e. The highest BCUT2D eigenvalue weighted by molar-refractivity contribution is 6.12. The van der Waals surface area contributed by atoms with Crippen molar-refractivity contribution >= 4 is 12.1 Å². The number of likely N-dealkylation sites (N-methyl/N-ethyl adjacent to an activating group) is 1. The molecule has 0 bridgehead atoms. The Labute approximate surface area is 179 Å². The van der Waals surface area contributed by atoms with E-state index in [4.69, 9.17) is 5.11 Å². The molecule has 0 saturated heterocycles. The van der Waals surface area contributed by atoms with Gasteiger partial charge in [0.15, 0.2) is 0 Å². The fraction of sp³-hybridized carbons (Fsp3) is 0.583. The highest BCUT2D eigenvalue weighted by atomic mass is 16.3. The minimum Gasteiger partial charge on any atom is -0.375 e. The quantitative estimate of drug-likeness (QED) is 0.266. The number of allylic oxidation sites excluding steroid dienone is 6. The molecular weight excluding hydrogens is 362 g/mol. The van der Waals surface area contributed by atoms with Gasteiger partial charge in [-0.15, -0.1) is 0 Å². The summed E-state index contributed by atoms with van der Waals surface area (Å²) in [4.78, 5) is 17.9. The SMILES string of the molecule is C/C=C(\C=N/CO)C(=O)NCCN(C)CCC(=C\C)/C(/C=C\CCC)=C/C.CC. The summed E-state index contributed by atoms with van der Waals surface area (Å²) in [7, 11) is 2.06. The van der Waals surface area contributed by atoms with Gasteiger partial charge in [-0.2, -0.15) is 0 Å². The number of carbonyl (C=O) groups excluding carboxylic acids is 1. The molecular formula is C24H43N3O2. The highest BCUT2D eigenvalue weighted by Crippen LogP contribution is 2.16. The number of rotatable bonds is 13. The lowest BCUT2D eigenvalue weighted by molar-refractivity contribution is -0.117. The molecule has 0 aromatic heterocycles. The molecule has 0 aromatic carbocycles. The first-order valence-corrected chi connectivity index (χ1v) is 10.8. The Bertz CT molecular complexity index is 573. The lowest BCUT2D eigenvalue weighted by atomic mass is 10.0. The van der Waals surface area contributed by atoms with Crippen LogP contribution in [0.4, 0.5) is 0 Å². The molecule has 0 spiro atoms. The van der Waals surface area contributed by atoms with Crippen molar-refractivity contribution in [3.8, 4) is 0 Å². The van der Waals surface area contributed by atoms with Crippen molar-refractivity contribution in [2.75, 3.05) is 33.4 Å². The number of aliphatic hydroxyl groups is 1. The van der Waals surface area contributed by atoms with E-state index in [1.54, 1.807) is 13.0 Å². The lowest BCUT2D eigenvalue weighted by Crippen LogP contribution is -2.34. The number of hydrogen-bond donors (Lipinski definition) is 2. The predicted molar refractivity (Wildman–Crippen MR) is 127 cm³/mol. The van der Waals surface area contributed by atoms with Crippen LogP contribution in [0, 0.1) is 0 Å². The minimum absolute atomic E-state index is 0.172. The Kier molecular flexibility index (Phi) is 20.9. The number of hydrogen-bond acceptors (Lipinski definition) is 4. The lowest BCUT2D eigenvalue weighted by Gasteiger charge is -2.18. The number of aliphatic imine (C=N–C) groups is 1. The van der Waals surface area contributed by atoms with Gasteiger partial charge in [0.2, 0.25) is 0 Å². The van der Waals surface area contributed by atoms with Gasteiger partial charge in [-0.05, 0) is 51.8 Å². The number of amides is 1. The second-order valence-electron chi connectivity index (χ2n) is 6.26. The van der Waals surface area contributed by atoms with Crippen molar-refractivity contribution in [1.82, 2.24) is 10.2 Å². The standard InChI is InChI=1S/C22H37N3O2.C2H6/c1-6-10-11-12-19(7-2)20(8-3)13-15-25(5)16-14-24-22(27)21(9-4)17-23-18-26;1-2/h7-9,11-12,17,26H,6,10,13-16,18H2,1-5H3,(H,24,27);1-2H3/b12-11-,19-7+,20-8+,21-9+,23-17-;. The van der Waals surface area contributed by atoms with Crippen molar-refractivity contribution in [3.63, 3.8) is 0 Å². The normalized spacial score (nSPS) is 13.2. The zero-order valence-corrected chi connectivity index (χ0v) is 19.7. The summed E-state index contributed by atoms with van der Waals surface area (Å²) in [6.07, 6.45) is 15.1. The van der Waals surface area contributed by atoms with Crippen molar-refractivity contribution in [2.45, 2.75) is 60.8 Å². The van der Waals surface area contributed by atoms with Crippen molar-refractivity contribution < 1.29 is 9.90 Å². The maximum absolute atomic E-state index is 12.0. The largest absolute Gasteiger partial charge is 0.375 e. The van der Waals surface area contributed by atoms with E-state index in [1.165, 1.54) is 17.4 Å².